The summed E-state index contributed by atoms with van der Waals surface area (Å²) in [5.74, 6) is -0.0378. The minimum atomic E-state index is -0.259. The smallest absolute Gasteiger partial charge is 0.226 e. The van der Waals surface area contributed by atoms with Gasteiger partial charge >= 0.3 is 0 Å². The van der Waals surface area contributed by atoms with Gasteiger partial charge in [-0.25, -0.2) is 4.39 Å². The fraction of sp³-hybridized carbons (Fsp3) is 0.278. The van der Waals surface area contributed by atoms with Gasteiger partial charge in [0.15, 0.2) is 0 Å². The molecule has 0 aliphatic heterocycles. The molecule has 2 aromatic carbocycles. The molecule has 2 unspecified atom stereocenters. The maximum atomic E-state index is 13.0. The Morgan fingerprint density at radius 3 is 2.61 bits per heavy atom. The van der Waals surface area contributed by atoms with Gasteiger partial charge in [-0.3, -0.25) is 4.79 Å². The molecule has 2 atom stereocenters. The Morgan fingerprint density at radius 1 is 1.22 bits per heavy atom. The third-order valence-electron chi connectivity index (χ3n) is 4.22. The van der Waals surface area contributed by atoms with E-state index in [-0.39, 0.29) is 23.6 Å². The largest absolute Gasteiger partial charge is 0.341 e. The van der Waals surface area contributed by atoms with E-state index in [1.807, 2.05) is 12.1 Å². The van der Waals surface area contributed by atoms with Crippen LogP contribution in [0.25, 0.3) is 0 Å². The maximum Gasteiger partial charge on any atom is 0.226 e. The molecule has 0 saturated heterocycles. The van der Waals surface area contributed by atoms with E-state index in [1.165, 1.54) is 12.1 Å². The van der Waals surface area contributed by atoms with E-state index >= 15 is 0 Å². The average molecular weight is 352 g/mol. The van der Waals surface area contributed by atoms with Crippen LogP contribution in [0.3, 0.4) is 0 Å². The zero-order chi connectivity index (χ0) is 16.6. The first-order valence-electron chi connectivity index (χ1n) is 7.40. The van der Waals surface area contributed by atoms with Crippen LogP contribution in [-0.4, -0.2) is 17.9 Å². The molecule has 1 amide bonds. The first-order chi connectivity index (χ1) is 11.0. The molecule has 0 bridgehead atoms. The van der Waals surface area contributed by atoms with Gasteiger partial charge in [-0.1, -0.05) is 47.5 Å². The third kappa shape index (κ3) is 3.51. The molecule has 0 aromatic heterocycles. The first kappa shape index (κ1) is 16.3. The molecule has 2 nitrogen and oxygen atoms in total. The quantitative estimate of drug-likeness (QED) is 0.767. The number of hydrogen-bond acceptors (Lipinski definition) is 1. The highest BCUT2D eigenvalue weighted by Crippen LogP contribution is 2.48. The van der Waals surface area contributed by atoms with E-state index in [0.29, 0.717) is 16.6 Å². The van der Waals surface area contributed by atoms with Crippen molar-refractivity contribution in [2.75, 3.05) is 7.05 Å². The number of hydrogen-bond donors (Lipinski definition) is 0. The maximum absolute atomic E-state index is 13.0. The molecule has 2 aromatic rings. The molecular formula is C18H16Cl2FNO. The first-order valence-corrected chi connectivity index (χ1v) is 8.16. The summed E-state index contributed by atoms with van der Waals surface area (Å²) in [5, 5.41) is 0.973. The van der Waals surface area contributed by atoms with Gasteiger partial charge in [0, 0.05) is 19.5 Å². The molecule has 0 heterocycles. The van der Waals surface area contributed by atoms with E-state index in [1.54, 1.807) is 30.1 Å². The Hall–Kier alpha value is -1.58. The molecule has 0 radical (unpaired) electrons. The van der Waals surface area contributed by atoms with Gasteiger partial charge in [0.05, 0.1) is 10.0 Å². The molecule has 1 aliphatic rings. The van der Waals surface area contributed by atoms with Gasteiger partial charge in [0.25, 0.3) is 0 Å². The van der Waals surface area contributed by atoms with Crippen LogP contribution in [0.2, 0.25) is 10.0 Å². The lowest BCUT2D eigenvalue weighted by molar-refractivity contribution is -0.131. The van der Waals surface area contributed by atoms with Gasteiger partial charge < -0.3 is 4.90 Å². The van der Waals surface area contributed by atoms with Crippen molar-refractivity contribution in [1.29, 1.82) is 0 Å². The van der Waals surface area contributed by atoms with Crippen LogP contribution < -0.4 is 0 Å². The summed E-state index contributed by atoms with van der Waals surface area (Å²) in [6, 6.07) is 11.8. The lowest BCUT2D eigenvalue weighted by Crippen LogP contribution is -2.28. The van der Waals surface area contributed by atoms with Crippen molar-refractivity contribution in [3.05, 3.63) is 69.5 Å². The summed E-state index contributed by atoms with van der Waals surface area (Å²) >= 11 is 12.2. The second-order valence-electron chi connectivity index (χ2n) is 5.91. The molecule has 0 N–H and O–H groups in total. The summed E-state index contributed by atoms with van der Waals surface area (Å²) in [7, 11) is 1.76. The molecule has 5 heteroatoms. The van der Waals surface area contributed by atoms with Crippen LogP contribution in [0.4, 0.5) is 4.39 Å². The van der Waals surface area contributed by atoms with Crippen molar-refractivity contribution in [1.82, 2.24) is 4.90 Å². The zero-order valence-corrected chi connectivity index (χ0v) is 14.1. The number of amides is 1. The highest BCUT2D eigenvalue weighted by Gasteiger charge is 2.45. The van der Waals surface area contributed by atoms with E-state index in [9.17, 15) is 9.18 Å². The summed E-state index contributed by atoms with van der Waals surface area (Å²) in [6.07, 6.45) is 0.804. The number of nitrogens with zero attached hydrogens (tertiary/aromatic N) is 1. The van der Waals surface area contributed by atoms with Crippen LogP contribution in [0.15, 0.2) is 42.5 Å². The Kier molecular flexibility index (Phi) is 4.60. The van der Waals surface area contributed by atoms with Crippen molar-refractivity contribution in [2.45, 2.75) is 18.9 Å². The van der Waals surface area contributed by atoms with Gasteiger partial charge in [0.1, 0.15) is 5.82 Å². The molecule has 1 saturated carbocycles. The molecule has 120 valence electrons. The second-order valence-corrected chi connectivity index (χ2v) is 6.69. The number of benzene rings is 2. The average Bonchev–Trinajstić information content (AvgIpc) is 3.32. The fourth-order valence-corrected chi connectivity index (χ4v) is 3.21. The standard InChI is InChI=1S/C18H16Cl2FNO/c1-22(10-12-3-2-4-16(19)17(12)20)18(23)15-9-14(15)11-5-7-13(21)8-6-11/h2-8,14-15H,9-10H2,1H3. The molecule has 1 fully saturated rings. The molecule has 3 rings (SSSR count). The summed E-state index contributed by atoms with van der Waals surface area (Å²) in [6.45, 7) is 0.421. The van der Waals surface area contributed by atoms with E-state index < -0.39 is 0 Å². The Bertz CT molecular complexity index is 732. The minimum absolute atomic E-state index is 0.0385. The van der Waals surface area contributed by atoms with Gasteiger partial charge in [-0.2, -0.15) is 0 Å². The van der Waals surface area contributed by atoms with E-state index in [4.69, 9.17) is 23.2 Å². The van der Waals surface area contributed by atoms with Crippen LogP contribution in [-0.2, 0) is 11.3 Å². The molecule has 23 heavy (non-hydrogen) atoms. The van der Waals surface area contributed by atoms with E-state index in [2.05, 4.69) is 0 Å². The SMILES string of the molecule is CN(Cc1cccc(Cl)c1Cl)C(=O)C1CC1c1ccc(F)cc1. The number of rotatable bonds is 4. The zero-order valence-electron chi connectivity index (χ0n) is 12.6. The molecule has 0 spiro atoms. The second kappa shape index (κ2) is 6.50. The highest BCUT2D eigenvalue weighted by molar-refractivity contribution is 6.42. The minimum Gasteiger partial charge on any atom is -0.341 e. The molecular weight excluding hydrogens is 336 g/mol. The lowest BCUT2D eigenvalue weighted by Gasteiger charge is -2.18. The van der Waals surface area contributed by atoms with Crippen LogP contribution in [0, 0.1) is 11.7 Å². The third-order valence-corrected chi connectivity index (χ3v) is 5.08. The van der Waals surface area contributed by atoms with Gasteiger partial charge in [-0.05, 0) is 41.7 Å². The Morgan fingerprint density at radius 2 is 1.91 bits per heavy atom. The number of carbonyl (C=O) groups is 1. The monoisotopic (exact) mass is 351 g/mol. The Labute approximate surface area is 144 Å². The Balaban J connectivity index is 1.65. The summed E-state index contributed by atoms with van der Waals surface area (Å²) in [4.78, 5) is 14.2. The van der Waals surface area contributed by atoms with Gasteiger partial charge in [-0.15, -0.1) is 0 Å². The number of carbonyl (C=O) groups excluding carboxylic acids is 1. The molecule has 1 aliphatic carbocycles. The van der Waals surface area contributed by atoms with E-state index in [0.717, 1.165) is 17.5 Å². The van der Waals surface area contributed by atoms with Crippen molar-refractivity contribution in [3.63, 3.8) is 0 Å². The van der Waals surface area contributed by atoms with Crippen molar-refractivity contribution in [2.24, 2.45) is 5.92 Å². The predicted octanol–water partition coefficient (Wildman–Crippen LogP) is 4.89. The normalized spacial score (nSPS) is 19.5. The summed E-state index contributed by atoms with van der Waals surface area (Å²) in [5.41, 5.74) is 1.84. The van der Waals surface area contributed by atoms with Gasteiger partial charge in [0.2, 0.25) is 5.91 Å². The van der Waals surface area contributed by atoms with Crippen molar-refractivity contribution in [3.8, 4) is 0 Å². The highest BCUT2D eigenvalue weighted by atomic mass is 35.5. The lowest BCUT2D eigenvalue weighted by atomic mass is 10.1. The number of halogens is 3. The van der Waals surface area contributed by atoms with Crippen LogP contribution in [0.1, 0.15) is 23.5 Å². The summed E-state index contributed by atoms with van der Waals surface area (Å²) < 4.78 is 13.0. The topological polar surface area (TPSA) is 20.3 Å². The predicted molar refractivity (Wildman–Crippen MR) is 90.2 cm³/mol. The van der Waals surface area contributed by atoms with Crippen molar-refractivity contribution < 1.29 is 9.18 Å². The fourth-order valence-electron chi connectivity index (χ4n) is 2.83. The van der Waals surface area contributed by atoms with Crippen LogP contribution in [0.5, 0.6) is 0 Å². The van der Waals surface area contributed by atoms with Crippen LogP contribution >= 0.6 is 23.2 Å². The van der Waals surface area contributed by atoms with Crippen molar-refractivity contribution >= 4 is 29.1 Å².